The molecule has 0 unspecified atom stereocenters. The molecule has 2 atom stereocenters. The van der Waals surface area contributed by atoms with Crippen LogP contribution in [0.2, 0.25) is 0 Å². The first-order valence-electron chi connectivity index (χ1n) is 12.1. The van der Waals surface area contributed by atoms with E-state index in [-0.39, 0.29) is 23.3 Å². The van der Waals surface area contributed by atoms with E-state index < -0.39 is 0 Å². The Bertz CT molecular complexity index is 1240. The maximum atomic E-state index is 13.4. The largest absolute Gasteiger partial charge is 0.493 e. The number of hydrogen-bond donors (Lipinski definition) is 1. The maximum absolute atomic E-state index is 13.4. The quantitative estimate of drug-likeness (QED) is 0.349. The van der Waals surface area contributed by atoms with Crippen molar-refractivity contribution in [1.29, 1.82) is 0 Å². The van der Waals surface area contributed by atoms with Crippen LogP contribution in [0, 0.1) is 5.92 Å². The monoisotopic (exact) mass is 495 g/mol. The van der Waals surface area contributed by atoms with E-state index in [1.165, 1.54) is 18.2 Å². The van der Waals surface area contributed by atoms with Crippen LogP contribution in [0.1, 0.15) is 38.2 Å². The molecule has 0 saturated heterocycles. The molecule has 0 radical (unpaired) electrons. The lowest BCUT2D eigenvalue weighted by Crippen LogP contribution is -2.42. The van der Waals surface area contributed by atoms with Gasteiger partial charge in [0.1, 0.15) is 0 Å². The Hall–Kier alpha value is -3.00. The zero-order chi connectivity index (χ0) is 24.8. The fraction of sp³-hybridized carbons (Fsp3) is 0.444. The van der Waals surface area contributed by atoms with Crippen LogP contribution in [-0.4, -0.2) is 41.5 Å². The first-order valence-corrected chi connectivity index (χ1v) is 13.1. The first kappa shape index (κ1) is 25.1. The van der Waals surface area contributed by atoms with Crippen molar-refractivity contribution < 1.29 is 14.3 Å². The van der Waals surface area contributed by atoms with Crippen molar-refractivity contribution >= 4 is 28.6 Å². The van der Waals surface area contributed by atoms with Gasteiger partial charge in [-0.2, -0.15) is 0 Å². The lowest BCUT2D eigenvalue weighted by atomic mass is 9.86. The molecule has 4 rings (SSSR count). The SMILES string of the molecule is COc1ccc(CCn2c(SCC(=O)N[C@@H]3CCCC[C@H]3C)nc3ccccc3c2=O)cc1OC. The second-order valence-electron chi connectivity index (χ2n) is 9.03. The van der Waals surface area contributed by atoms with E-state index in [0.29, 0.717) is 46.4 Å². The van der Waals surface area contributed by atoms with Gasteiger partial charge in [0.15, 0.2) is 16.7 Å². The molecular weight excluding hydrogens is 462 g/mol. The lowest BCUT2D eigenvalue weighted by molar-refractivity contribution is -0.119. The molecule has 1 N–H and O–H groups in total. The highest BCUT2D eigenvalue weighted by molar-refractivity contribution is 7.99. The number of rotatable bonds is 9. The number of amides is 1. The van der Waals surface area contributed by atoms with Crippen LogP contribution < -0.4 is 20.3 Å². The highest BCUT2D eigenvalue weighted by Gasteiger charge is 2.23. The van der Waals surface area contributed by atoms with E-state index >= 15 is 0 Å². The van der Waals surface area contributed by atoms with E-state index in [1.807, 2.05) is 36.4 Å². The van der Waals surface area contributed by atoms with Crippen molar-refractivity contribution in [2.45, 2.75) is 56.8 Å². The fourth-order valence-corrected chi connectivity index (χ4v) is 5.48. The summed E-state index contributed by atoms with van der Waals surface area (Å²) in [4.78, 5) is 30.8. The Balaban J connectivity index is 1.53. The van der Waals surface area contributed by atoms with Gasteiger partial charge in [-0.15, -0.1) is 0 Å². The summed E-state index contributed by atoms with van der Waals surface area (Å²) in [5.41, 5.74) is 1.56. The number of aryl methyl sites for hydroxylation is 1. The molecule has 1 saturated carbocycles. The summed E-state index contributed by atoms with van der Waals surface area (Å²) < 4.78 is 12.4. The van der Waals surface area contributed by atoms with E-state index in [0.717, 1.165) is 24.8 Å². The normalized spacial score (nSPS) is 17.8. The third kappa shape index (κ3) is 5.99. The number of hydrogen-bond acceptors (Lipinski definition) is 6. The van der Waals surface area contributed by atoms with Gasteiger partial charge < -0.3 is 14.8 Å². The summed E-state index contributed by atoms with van der Waals surface area (Å²) in [7, 11) is 3.21. The number of nitrogens with zero attached hydrogens (tertiary/aromatic N) is 2. The van der Waals surface area contributed by atoms with Crippen molar-refractivity contribution in [2.24, 2.45) is 5.92 Å². The fourth-order valence-electron chi connectivity index (χ4n) is 4.64. The highest BCUT2D eigenvalue weighted by Crippen LogP contribution is 2.28. The molecule has 1 fully saturated rings. The molecule has 1 heterocycles. The number of methoxy groups -OCH3 is 2. The van der Waals surface area contributed by atoms with Gasteiger partial charge in [0.25, 0.3) is 5.56 Å². The van der Waals surface area contributed by atoms with Crippen LogP contribution in [0.5, 0.6) is 11.5 Å². The van der Waals surface area contributed by atoms with E-state index in [9.17, 15) is 9.59 Å². The Morgan fingerprint density at radius 3 is 2.66 bits per heavy atom. The molecule has 1 amide bonds. The predicted molar refractivity (Wildman–Crippen MR) is 140 cm³/mol. The van der Waals surface area contributed by atoms with Gasteiger partial charge in [0.2, 0.25) is 5.91 Å². The molecule has 0 spiro atoms. The zero-order valence-corrected chi connectivity index (χ0v) is 21.4. The Labute approximate surface area is 210 Å². The maximum Gasteiger partial charge on any atom is 0.262 e. The minimum atomic E-state index is -0.0973. The standard InChI is InChI=1S/C27H33N3O4S/c1-18-8-4-6-10-21(18)28-25(31)17-35-27-29-22-11-7-5-9-20(22)26(32)30(27)15-14-19-12-13-23(33-2)24(16-19)34-3/h5,7,9,11-13,16,18,21H,4,6,8,10,14-15,17H2,1-3H3,(H,28,31)/t18-,21-/m1/s1. The second kappa shape index (κ2) is 11.6. The van der Waals surface area contributed by atoms with Crippen LogP contribution in [-0.2, 0) is 17.8 Å². The Morgan fingerprint density at radius 1 is 1.11 bits per heavy atom. The number of carbonyl (C=O) groups excluding carboxylic acids is 1. The smallest absolute Gasteiger partial charge is 0.262 e. The average molecular weight is 496 g/mol. The molecule has 2 aromatic carbocycles. The van der Waals surface area contributed by atoms with E-state index in [4.69, 9.17) is 14.5 Å². The van der Waals surface area contributed by atoms with Crippen LogP contribution in [0.25, 0.3) is 10.9 Å². The number of thioether (sulfide) groups is 1. The molecule has 1 aliphatic rings. The van der Waals surface area contributed by atoms with Gasteiger partial charge in [-0.05, 0) is 55.0 Å². The van der Waals surface area contributed by atoms with Crippen molar-refractivity contribution in [3.05, 3.63) is 58.4 Å². The predicted octanol–water partition coefficient (Wildman–Crippen LogP) is 4.44. The van der Waals surface area contributed by atoms with Gasteiger partial charge >= 0.3 is 0 Å². The highest BCUT2D eigenvalue weighted by atomic mass is 32.2. The number of ether oxygens (including phenoxy) is 2. The van der Waals surface area contributed by atoms with Gasteiger partial charge in [-0.25, -0.2) is 4.98 Å². The number of para-hydroxylation sites is 1. The summed E-state index contributed by atoms with van der Waals surface area (Å²) in [6.45, 7) is 2.64. The number of carbonyl (C=O) groups is 1. The van der Waals surface area contributed by atoms with Gasteiger partial charge in [0.05, 0.1) is 30.9 Å². The van der Waals surface area contributed by atoms with Crippen molar-refractivity contribution in [1.82, 2.24) is 14.9 Å². The van der Waals surface area contributed by atoms with Crippen molar-refractivity contribution in [2.75, 3.05) is 20.0 Å². The summed E-state index contributed by atoms with van der Waals surface area (Å²) in [5, 5.41) is 4.32. The van der Waals surface area contributed by atoms with Crippen molar-refractivity contribution in [3.63, 3.8) is 0 Å². The first-order chi connectivity index (χ1) is 17.0. The van der Waals surface area contributed by atoms with E-state index in [1.54, 1.807) is 24.9 Å². The van der Waals surface area contributed by atoms with Gasteiger partial charge in [0, 0.05) is 12.6 Å². The summed E-state index contributed by atoms with van der Waals surface area (Å²) in [6, 6.07) is 13.3. The Morgan fingerprint density at radius 2 is 1.89 bits per heavy atom. The van der Waals surface area contributed by atoms with Gasteiger partial charge in [-0.3, -0.25) is 14.2 Å². The van der Waals surface area contributed by atoms with E-state index in [2.05, 4.69) is 12.2 Å². The molecule has 7 nitrogen and oxygen atoms in total. The molecule has 35 heavy (non-hydrogen) atoms. The summed E-state index contributed by atoms with van der Waals surface area (Å²) in [6.07, 6.45) is 5.18. The number of fused-ring (bicyclic) bond motifs is 1. The minimum absolute atomic E-state index is 0.0115. The number of nitrogens with one attached hydrogen (secondary N) is 1. The Kier molecular flexibility index (Phi) is 8.33. The lowest BCUT2D eigenvalue weighted by Gasteiger charge is -2.29. The molecule has 186 valence electrons. The van der Waals surface area contributed by atoms with Gasteiger partial charge in [-0.1, -0.05) is 49.7 Å². The molecule has 1 aliphatic carbocycles. The molecular formula is C27H33N3O4S. The molecule has 3 aromatic rings. The number of benzene rings is 2. The molecule has 0 bridgehead atoms. The summed E-state index contributed by atoms with van der Waals surface area (Å²) >= 11 is 1.32. The van der Waals surface area contributed by atoms with Crippen LogP contribution in [0.3, 0.4) is 0 Å². The van der Waals surface area contributed by atoms with Crippen LogP contribution >= 0.6 is 11.8 Å². The average Bonchev–Trinajstić information content (AvgIpc) is 2.88. The second-order valence-corrected chi connectivity index (χ2v) is 9.97. The van der Waals surface area contributed by atoms with Crippen LogP contribution in [0.15, 0.2) is 52.4 Å². The topological polar surface area (TPSA) is 82.5 Å². The molecule has 8 heteroatoms. The third-order valence-electron chi connectivity index (χ3n) is 6.69. The zero-order valence-electron chi connectivity index (χ0n) is 20.6. The number of aromatic nitrogens is 2. The van der Waals surface area contributed by atoms with Crippen molar-refractivity contribution in [3.8, 4) is 11.5 Å². The minimum Gasteiger partial charge on any atom is -0.493 e. The molecule has 0 aliphatic heterocycles. The third-order valence-corrected chi connectivity index (χ3v) is 7.67. The summed E-state index contributed by atoms with van der Waals surface area (Å²) in [5.74, 6) is 2.02. The molecule has 1 aromatic heterocycles. The van der Waals surface area contributed by atoms with Crippen LogP contribution in [0.4, 0.5) is 0 Å².